The van der Waals surface area contributed by atoms with Gasteiger partial charge in [-0.15, -0.1) is 0 Å². The third-order valence-electron chi connectivity index (χ3n) is 12.5. The standard InChI is InChI=1S/C13H20O4.C13H16O4.C13H20O3.2C13H18O3/c2*1-9(14)7-11(15)5-3-10-4-6-12(16)13(8-10)17-2;3*1-3-4-11(14)7-5-10-6-8-12(15)13(9-10)16-2/h4,6,8-9,11,14-16H,3,5,7H2,1-2H3;4,6,8,16H,3,5,7H2,1-2H3;6,8-9,11,14-15H,3-5,7H2,1-2H3;6,8-9,15H,3-5,7H2,1-2H3;3-4,6,8-9,11,14-15H,5,7H2,1-2H3/b;;;;4-3+/t9-,11-;;11-;;11-/m0.1.1/s1. The second-order valence-corrected chi connectivity index (χ2v) is 19.6. The topological polar surface area (TPSA) is 279 Å². The van der Waals surface area contributed by atoms with E-state index in [0.29, 0.717) is 86.5 Å². The largest absolute Gasteiger partial charge is 0.504 e. The molecule has 0 aromatic heterocycles. The third-order valence-corrected chi connectivity index (χ3v) is 12.5. The van der Waals surface area contributed by atoms with Gasteiger partial charge in [0, 0.05) is 19.3 Å². The van der Waals surface area contributed by atoms with E-state index in [1.165, 1.54) is 48.5 Å². The van der Waals surface area contributed by atoms with Gasteiger partial charge in [-0.25, -0.2) is 0 Å². The fraction of sp³-hybridized carbons (Fsp3) is 0.462. The average molecular weight is 1150 g/mol. The van der Waals surface area contributed by atoms with E-state index in [4.69, 9.17) is 28.8 Å². The minimum absolute atomic E-state index is 0.00474. The van der Waals surface area contributed by atoms with Gasteiger partial charge < -0.3 is 69.6 Å². The molecular formula is C65H92O17. The third kappa shape index (κ3) is 31.0. The highest BCUT2D eigenvalue weighted by Gasteiger charge is 2.12. The molecule has 17 heteroatoms. The molecule has 0 unspecified atom stereocenters. The first kappa shape index (κ1) is 72.7. The van der Waals surface area contributed by atoms with Crippen LogP contribution in [0.4, 0.5) is 0 Å². The van der Waals surface area contributed by atoms with E-state index in [0.717, 1.165) is 66.3 Å². The number of carbonyl (C=O) groups excluding carboxylic acids is 3. The van der Waals surface area contributed by atoms with Crippen LogP contribution in [0, 0.1) is 0 Å². The van der Waals surface area contributed by atoms with Gasteiger partial charge in [0.25, 0.3) is 0 Å². The van der Waals surface area contributed by atoms with Crippen LogP contribution in [0.3, 0.4) is 0 Å². The van der Waals surface area contributed by atoms with Gasteiger partial charge in [0.05, 0.1) is 66.4 Å². The van der Waals surface area contributed by atoms with Gasteiger partial charge in [-0.2, -0.15) is 0 Å². The van der Waals surface area contributed by atoms with Crippen LogP contribution in [0.25, 0.3) is 0 Å². The lowest BCUT2D eigenvalue weighted by Crippen LogP contribution is -2.15. The van der Waals surface area contributed by atoms with Gasteiger partial charge in [-0.05, 0) is 180 Å². The van der Waals surface area contributed by atoms with Crippen molar-refractivity contribution in [1.82, 2.24) is 0 Å². The molecule has 0 aliphatic rings. The van der Waals surface area contributed by atoms with Crippen LogP contribution in [-0.2, 0) is 46.5 Å². The number of aliphatic hydroxyl groups is 4. The molecule has 0 saturated heterocycles. The van der Waals surface area contributed by atoms with E-state index >= 15 is 0 Å². The highest BCUT2D eigenvalue weighted by molar-refractivity contribution is 5.97. The number of rotatable bonds is 29. The molecule has 5 rings (SSSR count). The number of methoxy groups -OCH3 is 5. The van der Waals surface area contributed by atoms with Crippen LogP contribution >= 0.6 is 0 Å². The lowest BCUT2D eigenvalue weighted by molar-refractivity contribution is -0.126. The van der Waals surface area contributed by atoms with Crippen molar-refractivity contribution in [3.63, 3.8) is 0 Å². The highest BCUT2D eigenvalue weighted by Crippen LogP contribution is 2.31. The molecule has 17 nitrogen and oxygen atoms in total. The summed E-state index contributed by atoms with van der Waals surface area (Å²) in [7, 11) is 7.54. The summed E-state index contributed by atoms with van der Waals surface area (Å²) in [5.41, 5.74) is 5.02. The van der Waals surface area contributed by atoms with E-state index < -0.39 is 18.3 Å². The Bertz CT molecular complexity index is 2650. The zero-order valence-electron chi connectivity index (χ0n) is 49.7. The number of aryl methyl sites for hydroxylation is 5. The molecule has 0 heterocycles. The van der Waals surface area contributed by atoms with Crippen molar-refractivity contribution in [1.29, 1.82) is 0 Å². The minimum Gasteiger partial charge on any atom is -0.504 e. The van der Waals surface area contributed by atoms with E-state index in [1.54, 1.807) is 73.7 Å². The Morgan fingerprint density at radius 2 is 0.780 bits per heavy atom. The molecule has 0 spiro atoms. The molecule has 0 radical (unpaired) electrons. The van der Waals surface area contributed by atoms with Gasteiger partial charge >= 0.3 is 0 Å². The van der Waals surface area contributed by atoms with Gasteiger partial charge in [0.2, 0.25) is 0 Å². The number of Topliss-reactive ketones (excluding diaryl/α,β-unsaturated/α-hetero) is 3. The van der Waals surface area contributed by atoms with E-state index in [-0.39, 0.29) is 58.6 Å². The summed E-state index contributed by atoms with van der Waals surface area (Å²) in [6.07, 6.45) is 12.1. The number of allylic oxidation sites excluding steroid dienone is 1. The Balaban J connectivity index is 0.000000513. The maximum atomic E-state index is 11.4. The number of hydrogen-bond donors (Lipinski definition) is 9. The number of benzene rings is 5. The van der Waals surface area contributed by atoms with Crippen molar-refractivity contribution in [2.45, 2.75) is 162 Å². The van der Waals surface area contributed by atoms with Gasteiger partial charge in [-0.3, -0.25) is 14.4 Å². The van der Waals surface area contributed by atoms with E-state index in [9.17, 15) is 55.2 Å². The van der Waals surface area contributed by atoms with E-state index in [1.807, 2.05) is 44.2 Å². The van der Waals surface area contributed by atoms with Crippen molar-refractivity contribution in [3.8, 4) is 57.5 Å². The fourth-order valence-corrected chi connectivity index (χ4v) is 8.01. The zero-order chi connectivity index (χ0) is 61.6. The smallest absolute Gasteiger partial charge is 0.160 e. The van der Waals surface area contributed by atoms with Crippen LogP contribution in [-0.4, -0.2) is 123 Å². The first-order valence-corrected chi connectivity index (χ1v) is 27.7. The predicted octanol–water partition coefficient (Wildman–Crippen LogP) is 10.8. The summed E-state index contributed by atoms with van der Waals surface area (Å²) in [5.74, 6) is 2.96. The first-order chi connectivity index (χ1) is 39.1. The number of hydrogen-bond acceptors (Lipinski definition) is 17. The SMILES string of the molecule is C/C=C/[C@@H](O)CCc1ccc(O)c(OC)c1.CCCC(=O)CCc1ccc(O)c(OC)c1.CCC[C@@H](O)CCc1ccc(O)c(OC)c1.COc1cc(CCC(=O)CC(C)=O)ccc1O.COc1cc(CC[C@H](O)C[C@H](C)O)ccc1O. The van der Waals surface area contributed by atoms with Gasteiger partial charge in [-0.1, -0.05) is 62.8 Å². The fourth-order valence-electron chi connectivity index (χ4n) is 8.01. The monoisotopic (exact) mass is 1140 g/mol. The van der Waals surface area contributed by atoms with Crippen LogP contribution in [0.1, 0.15) is 133 Å². The molecule has 5 aromatic carbocycles. The second-order valence-electron chi connectivity index (χ2n) is 19.6. The molecule has 454 valence electrons. The molecular weight excluding hydrogens is 1050 g/mol. The maximum absolute atomic E-state index is 11.4. The Morgan fingerprint density at radius 3 is 1.09 bits per heavy atom. The number of phenolic OH excluding ortho intramolecular Hbond substituents is 5. The quantitative estimate of drug-likeness (QED) is 0.0159. The Morgan fingerprint density at radius 1 is 0.451 bits per heavy atom. The molecule has 9 N–H and O–H groups in total. The van der Waals surface area contributed by atoms with Crippen molar-refractivity contribution in [3.05, 3.63) is 131 Å². The van der Waals surface area contributed by atoms with Crippen molar-refractivity contribution in [2.75, 3.05) is 35.5 Å². The number of carbonyl (C=O) groups is 3. The average Bonchev–Trinajstić information content (AvgIpc) is 3.52. The van der Waals surface area contributed by atoms with E-state index in [2.05, 4.69) is 6.92 Å². The Labute approximate surface area is 485 Å². The second kappa shape index (κ2) is 41.6. The van der Waals surface area contributed by atoms with Crippen LogP contribution in [0.5, 0.6) is 57.5 Å². The van der Waals surface area contributed by atoms with Gasteiger partial charge in [0.15, 0.2) is 57.5 Å². The molecule has 0 bridgehead atoms. The molecule has 0 saturated carbocycles. The molecule has 0 amide bonds. The van der Waals surface area contributed by atoms with Crippen LogP contribution in [0.2, 0.25) is 0 Å². The Hall–Kier alpha value is -7.31. The van der Waals surface area contributed by atoms with Crippen molar-refractivity contribution < 1.29 is 84.0 Å². The number of aromatic hydroxyl groups is 5. The normalized spacial score (nSPS) is 12.0. The van der Waals surface area contributed by atoms with Crippen molar-refractivity contribution in [2.24, 2.45) is 0 Å². The molecule has 0 aliphatic heterocycles. The summed E-state index contributed by atoms with van der Waals surface area (Å²) in [6.45, 7) is 9.01. The summed E-state index contributed by atoms with van der Waals surface area (Å²) in [6, 6.07) is 25.8. The first-order valence-electron chi connectivity index (χ1n) is 27.7. The molecule has 0 fully saturated rings. The molecule has 82 heavy (non-hydrogen) atoms. The molecule has 5 aromatic rings. The molecule has 4 atom stereocenters. The Kier molecular flexibility index (Phi) is 36.9. The predicted molar refractivity (Wildman–Crippen MR) is 319 cm³/mol. The molecule has 0 aliphatic carbocycles. The highest BCUT2D eigenvalue weighted by atomic mass is 16.5. The number of ether oxygens (including phenoxy) is 5. The van der Waals surface area contributed by atoms with Crippen molar-refractivity contribution >= 4 is 17.3 Å². The lowest BCUT2D eigenvalue weighted by Gasteiger charge is -2.12. The van der Waals surface area contributed by atoms with Crippen LogP contribution < -0.4 is 23.7 Å². The summed E-state index contributed by atoms with van der Waals surface area (Å²) < 4.78 is 25.0. The van der Waals surface area contributed by atoms with Crippen LogP contribution in [0.15, 0.2) is 103 Å². The minimum atomic E-state index is -0.505. The lowest BCUT2D eigenvalue weighted by atomic mass is 10.0. The van der Waals surface area contributed by atoms with Gasteiger partial charge in [0.1, 0.15) is 17.3 Å². The summed E-state index contributed by atoms with van der Waals surface area (Å²) in [4.78, 5) is 33.4. The maximum Gasteiger partial charge on any atom is 0.160 e. The summed E-state index contributed by atoms with van der Waals surface area (Å²) in [5, 5.41) is 84.9. The zero-order valence-corrected chi connectivity index (χ0v) is 49.7. The summed E-state index contributed by atoms with van der Waals surface area (Å²) >= 11 is 0. The number of phenols is 5. The number of ketones is 3. The number of aliphatic hydroxyl groups excluding tert-OH is 4.